The fourth-order valence-electron chi connectivity index (χ4n) is 1.16. The highest BCUT2D eigenvalue weighted by molar-refractivity contribution is 5.81. The summed E-state index contributed by atoms with van der Waals surface area (Å²) >= 11 is 0. The van der Waals surface area contributed by atoms with Crippen LogP contribution in [0.5, 0.6) is 0 Å². The fourth-order valence-corrected chi connectivity index (χ4v) is 1.16. The Morgan fingerprint density at radius 3 is 2.11 bits per heavy atom. The average Bonchev–Trinajstić information content (AvgIpc) is 2.11. The molecule has 0 heterocycles. The van der Waals surface area contributed by atoms with Gasteiger partial charge in [0.1, 0.15) is 11.6 Å². The molecule has 0 aromatic heterocycles. The van der Waals surface area contributed by atoms with Crippen LogP contribution in [-0.4, -0.2) is 36.2 Å². The maximum absolute atomic E-state index is 12.4. The number of ether oxygens (including phenoxy) is 2. The molecule has 0 rings (SSSR count). The first-order chi connectivity index (χ1) is 8.51. The van der Waals surface area contributed by atoms with Crippen molar-refractivity contribution in [2.24, 2.45) is 0 Å². The molecule has 0 aliphatic heterocycles. The number of nitrogens with one attached hydrogen (secondary N) is 1. The van der Waals surface area contributed by atoms with Crippen LogP contribution in [0, 0.1) is 0 Å². The molecule has 0 aliphatic carbocycles. The Morgan fingerprint density at radius 2 is 1.74 bits per heavy atom. The van der Waals surface area contributed by atoms with E-state index in [0.29, 0.717) is 0 Å². The summed E-state index contributed by atoms with van der Waals surface area (Å²) in [4.78, 5) is 23.0. The summed E-state index contributed by atoms with van der Waals surface area (Å²) in [6.07, 6.45) is -4.93. The Hall–Kier alpha value is -1.40. The SMILES string of the molecule is CC(C)OC(=O)C(CC(F)F)NC(=O)OC(C)(C)C. The maximum atomic E-state index is 12.4. The van der Waals surface area contributed by atoms with Crippen LogP contribution in [0.2, 0.25) is 0 Å². The third-order valence-corrected chi connectivity index (χ3v) is 1.74. The van der Waals surface area contributed by atoms with Gasteiger partial charge in [0.2, 0.25) is 6.43 Å². The van der Waals surface area contributed by atoms with E-state index in [0.717, 1.165) is 0 Å². The van der Waals surface area contributed by atoms with E-state index in [1.165, 1.54) is 0 Å². The lowest BCUT2D eigenvalue weighted by Crippen LogP contribution is -2.45. The van der Waals surface area contributed by atoms with E-state index in [1.54, 1.807) is 34.6 Å². The van der Waals surface area contributed by atoms with Crippen molar-refractivity contribution in [3.05, 3.63) is 0 Å². The molecule has 0 bridgehead atoms. The molecule has 7 heteroatoms. The zero-order valence-corrected chi connectivity index (χ0v) is 11.8. The number of hydrogen-bond donors (Lipinski definition) is 1. The molecular formula is C12H21F2NO4. The molecule has 1 amide bonds. The van der Waals surface area contributed by atoms with E-state index < -0.39 is 42.7 Å². The zero-order valence-electron chi connectivity index (χ0n) is 11.8. The molecule has 0 saturated carbocycles. The van der Waals surface area contributed by atoms with Gasteiger partial charge in [0.25, 0.3) is 0 Å². The van der Waals surface area contributed by atoms with Crippen LogP contribution in [0.15, 0.2) is 0 Å². The minimum Gasteiger partial charge on any atom is -0.461 e. The third-order valence-electron chi connectivity index (χ3n) is 1.74. The molecule has 1 atom stereocenters. The number of esters is 1. The predicted molar refractivity (Wildman–Crippen MR) is 65.0 cm³/mol. The molecule has 0 aromatic carbocycles. The number of hydrogen-bond acceptors (Lipinski definition) is 4. The van der Waals surface area contributed by atoms with Crippen molar-refractivity contribution in [1.82, 2.24) is 5.32 Å². The van der Waals surface area contributed by atoms with Gasteiger partial charge in [-0.15, -0.1) is 0 Å². The van der Waals surface area contributed by atoms with Crippen LogP contribution in [0.1, 0.15) is 41.0 Å². The van der Waals surface area contributed by atoms with Crippen molar-refractivity contribution in [1.29, 1.82) is 0 Å². The van der Waals surface area contributed by atoms with Gasteiger partial charge in [0.05, 0.1) is 6.10 Å². The number of rotatable bonds is 5. The topological polar surface area (TPSA) is 64.6 Å². The van der Waals surface area contributed by atoms with Gasteiger partial charge in [-0.3, -0.25) is 0 Å². The molecule has 19 heavy (non-hydrogen) atoms. The summed E-state index contributed by atoms with van der Waals surface area (Å²) in [6.45, 7) is 8.05. The van der Waals surface area contributed by atoms with Crippen molar-refractivity contribution in [3.63, 3.8) is 0 Å². The van der Waals surface area contributed by atoms with Crippen molar-refractivity contribution < 1.29 is 27.8 Å². The molecule has 1 unspecified atom stereocenters. The molecular weight excluding hydrogens is 260 g/mol. The summed E-state index contributed by atoms with van der Waals surface area (Å²) in [5, 5.41) is 2.09. The van der Waals surface area contributed by atoms with Crippen molar-refractivity contribution in [2.75, 3.05) is 0 Å². The predicted octanol–water partition coefficient (Wildman–Crippen LogP) is 2.49. The Bertz CT molecular complexity index is 313. The van der Waals surface area contributed by atoms with Crippen LogP contribution in [0.3, 0.4) is 0 Å². The van der Waals surface area contributed by atoms with Gasteiger partial charge in [-0.2, -0.15) is 0 Å². The van der Waals surface area contributed by atoms with Crippen molar-refractivity contribution >= 4 is 12.1 Å². The summed E-state index contributed by atoms with van der Waals surface area (Å²) in [5.41, 5.74) is -0.776. The molecule has 0 radical (unpaired) electrons. The average molecular weight is 281 g/mol. The minimum atomic E-state index is -2.74. The number of amides is 1. The van der Waals surface area contributed by atoms with Gasteiger partial charge in [0, 0.05) is 6.42 Å². The zero-order chi connectivity index (χ0) is 15.2. The van der Waals surface area contributed by atoms with E-state index in [4.69, 9.17) is 9.47 Å². The summed E-state index contributed by atoms with van der Waals surface area (Å²) in [7, 11) is 0. The van der Waals surface area contributed by atoms with E-state index in [2.05, 4.69) is 5.32 Å². The van der Waals surface area contributed by atoms with Crippen LogP contribution < -0.4 is 5.32 Å². The number of carbonyl (C=O) groups excluding carboxylic acids is 2. The summed E-state index contributed by atoms with van der Waals surface area (Å²) in [5.74, 6) is -0.902. The minimum absolute atomic E-state index is 0.451. The number of alkyl carbamates (subject to hydrolysis) is 1. The highest BCUT2D eigenvalue weighted by Gasteiger charge is 2.28. The smallest absolute Gasteiger partial charge is 0.408 e. The van der Waals surface area contributed by atoms with Crippen LogP contribution in [0.25, 0.3) is 0 Å². The lowest BCUT2D eigenvalue weighted by Gasteiger charge is -2.23. The van der Waals surface area contributed by atoms with E-state index in [9.17, 15) is 18.4 Å². The Balaban J connectivity index is 4.59. The first kappa shape index (κ1) is 17.6. The van der Waals surface area contributed by atoms with E-state index >= 15 is 0 Å². The van der Waals surface area contributed by atoms with Crippen LogP contribution in [-0.2, 0) is 14.3 Å². The molecule has 112 valence electrons. The molecule has 0 fully saturated rings. The standard InChI is InChI=1S/C12H21F2NO4/c1-7(2)18-10(16)8(6-9(13)14)15-11(17)19-12(3,4)5/h7-9H,6H2,1-5H3,(H,15,17). The third kappa shape index (κ3) is 9.21. The maximum Gasteiger partial charge on any atom is 0.408 e. The van der Waals surface area contributed by atoms with Crippen molar-refractivity contribution in [3.8, 4) is 0 Å². The van der Waals surface area contributed by atoms with Crippen LogP contribution >= 0.6 is 0 Å². The van der Waals surface area contributed by atoms with Crippen LogP contribution in [0.4, 0.5) is 13.6 Å². The molecule has 0 aliphatic rings. The molecule has 0 spiro atoms. The quantitative estimate of drug-likeness (QED) is 0.786. The second kappa shape index (κ2) is 7.25. The Morgan fingerprint density at radius 1 is 1.21 bits per heavy atom. The number of carbonyl (C=O) groups is 2. The lowest BCUT2D eigenvalue weighted by molar-refractivity contribution is -0.151. The van der Waals surface area contributed by atoms with E-state index in [1.807, 2.05) is 0 Å². The van der Waals surface area contributed by atoms with E-state index in [-0.39, 0.29) is 0 Å². The van der Waals surface area contributed by atoms with Crippen molar-refractivity contribution in [2.45, 2.75) is 65.2 Å². The molecule has 1 N–H and O–H groups in total. The highest BCUT2D eigenvalue weighted by atomic mass is 19.3. The normalized spacial score (nSPS) is 13.3. The second-order valence-electron chi connectivity index (χ2n) is 5.31. The van der Waals surface area contributed by atoms with Gasteiger partial charge in [-0.25, -0.2) is 18.4 Å². The van der Waals surface area contributed by atoms with Gasteiger partial charge in [-0.1, -0.05) is 0 Å². The van der Waals surface area contributed by atoms with Gasteiger partial charge >= 0.3 is 12.1 Å². The second-order valence-corrected chi connectivity index (χ2v) is 5.31. The van der Waals surface area contributed by atoms with Gasteiger partial charge < -0.3 is 14.8 Å². The Kier molecular flexibility index (Phi) is 6.72. The van der Waals surface area contributed by atoms with Gasteiger partial charge in [-0.05, 0) is 34.6 Å². The monoisotopic (exact) mass is 281 g/mol. The number of halogens is 2. The first-order valence-electron chi connectivity index (χ1n) is 5.99. The lowest BCUT2D eigenvalue weighted by atomic mass is 10.2. The highest BCUT2D eigenvalue weighted by Crippen LogP contribution is 2.10. The summed E-state index contributed by atoms with van der Waals surface area (Å²) < 4.78 is 34.4. The molecule has 0 aromatic rings. The Labute approximate surface area is 111 Å². The molecule has 5 nitrogen and oxygen atoms in total. The first-order valence-corrected chi connectivity index (χ1v) is 5.99. The summed E-state index contributed by atoms with van der Waals surface area (Å²) in [6, 6.07) is -1.42. The largest absolute Gasteiger partial charge is 0.461 e. The van der Waals surface area contributed by atoms with Gasteiger partial charge in [0.15, 0.2) is 0 Å². The molecule has 0 saturated heterocycles. The number of alkyl halides is 2. The fraction of sp³-hybridized carbons (Fsp3) is 0.833.